The van der Waals surface area contributed by atoms with Crippen molar-refractivity contribution < 1.29 is 9.53 Å². The Kier molecular flexibility index (Phi) is 2.72. The van der Waals surface area contributed by atoms with E-state index in [2.05, 4.69) is 4.98 Å². The van der Waals surface area contributed by atoms with Gasteiger partial charge in [-0.2, -0.15) is 0 Å². The third kappa shape index (κ3) is 2.07. The van der Waals surface area contributed by atoms with E-state index in [9.17, 15) is 4.79 Å². The molecule has 0 radical (unpaired) electrons. The van der Waals surface area contributed by atoms with E-state index < -0.39 is 0 Å². The summed E-state index contributed by atoms with van der Waals surface area (Å²) < 4.78 is 5.61. The number of ether oxygens (including phenoxy) is 1. The first-order valence-corrected chi connectivity index (χ1v) is 5.72. The van der Waals surface area contributed by atoms with E-state index in [1.54, 1.807) is 18.0 Å². The maximum absolute atomic E-state index is 10.7. The Morgan fingerprint density at radius 2 is 2.43 bits per heavy atom. The van der Waals surface area contributed by atoms with Crippen molar-refractivity contribution in [2.75, 3.05) is 6.26 Å². The van der Waals surface area contributed by atoms with Crippen molar-refractivity contribution >= 4 is 18.0 Å². The molecule has 0 bridgehead atoms. The molecule has 0 saturated heterocycles. The quantitative estimate of drug-likeness (QED) is 0.562. The zero-order valence-electron chi connectivity index (χ0n) is 7.90. The number of aldehydes is 1. The van der Waals surface area contributed by atoms with Crippen LogP contribution < -0.4 is 4.74 Å². The van der Waals surface area contributed by atoms with Crippen molar-refractivity contribution in [3.05, 3.63) is 17.8 Å². The monoisotopic (exact) mass is 209 g/mol. The number of hydrogen-bond donors (Lipinski definition) is 0. The van der Waals surface area contributed by atoms with Gasteiger partial charge in [0.25, 0.3) is 0 Å². The van der Waals surface area contributed by atoms with Gasteiger partial charge in [-0.1, -0.05) is 0 Å². The second-order valence-corrected chi connectivity index (χ2v) is 4.03. The van der Waals surface area contributed by atoms with Crippen LogP contribution in [-0.2, 0) is 0 Å². The molecule has 0 amide bonds. The average Bonchev–Trinajstić information content (AvgIpc) is 3.01. The van der Waals surface area contributed by atoms with Gasteiger partial charge in [-0.25, -0.2) is 4.98 Å². The highest BCUT2D eigenvalue weighted by molar-refractivity contribution is 7.98. The molecule has 0 aromatic carbocycles. The first-order valence-electron chi connectivity index (χ1n) is 4.49. The second kappa shape index (κ2) is 4.00. The minimum absolute atomic E-state index is 0.311. The molecule has 0 spiro atoms. The first-order chi connectivity index (χ1) is 6.83. The summed E-state index contributed by atoms with van der Waals surface area (Å²) in [4.78, 5) is 14.8. The van der Waals surface area contributed by atoms with Gasteiger partial charge in [-0.15, -0.1) is 11.8 Å². The summed E-state index contributed by atoms with van der Waals surface area (Å²) in [5.74, 6) is 0.668. The summed E-state index contributed by atoms with van der Waals surface area (Å²) in [6.07, 6.45) is 6.80. The van der Waals surface area contributed by atoms with E-state index in [1.807, 2.05) is 12.3 Å². The molecule has 1 heterocycles. The van der Waals surface area contributed by atoms with Crippen LogP contribution in [0.15, 0.2) is 17.3 Å². The Balaban J connectivity index is 2.26. The van der Waals surface area contributed by atoms with Crippen molar-refractivity contribution in [2.45, 2.75) is 24.0 Å². The Morgan fingerprint density at radius 3 is 3.00 bits per heavy atom. The Bertz CT molecular complexity index is 350. The van der Waals surface area contributed by atoms with Crippen LogP contribution in [0.3, 0.4) is 0 Å². The standard InChI is InChI=1S/C10H11NO2S/c1-14-10-4-9(13-8-2-3-8)7(6-12)5-11-10/h4-6,8H,2-3H2,1H3. The maximum Gasteiger partial charge on any atom is 0.155 e. The number of thioether (sulfide) groups is 1. The van der Waals surface area contributed by atoms with Gasteiger partial charge in [-0.3, -0.25) is 4.79 Å². The van der Waals surface area contributed by atoms with Gasteiger partial charge < -0.3 is 4.74 Å². The summed E-state index contributed by atoms with van der Waals surface area (Å²) in [7, 11) is 0. The fourth-order valence-corrected chi connectivity index (χ4v) is 1.48. The Morgan fingerprint density at radius 1 is 1.64 bits per heavy atom. The number of aromatic nitrogens is 1. The van der Waals surface area contributed by atoms with Crippen molar-refractivity contribution in [1.29, 1.82) is 0 Å². The Labute approximate surface area is 86.9 Å². The predicted molar refractivity (Wildman–Crippen MR) is 55.1 cm³/mol. The summed E-state index contributed by atoms with van der Waals surface area (Å²) in [5, 5.41) is 0.881. The molecule has 0 unspecified atom stereocenters. The van der Waals surface area contributed by atoms with E-state index in [1.165, 1.54) is 0 Å². The lowest BCUT2D eigenvalue weighted by Crippen LogP contribution is -2.00. The van der Waals surface area contributed by atoms with E-state index in [4.69, 9.17) is 4.74 Å². The van der Waals surface area contributed by atoms with Crippen LogP contribution in [0.4, 0.5) is 0 Å². The normalized spacial score (nSPS) is 15.2. The molecule has 1 aromatic heterocycles. The lowest BCUT2D eigenvalue weighted by atomic mass is 10.3. The topological polar surface area (TPSA) is 39.2 Å². The third-order valence-corrected chi connectivity index (χ3v) is 2.67. The molecule has 14 heavy (non-hydrogen) atoms. The summed E-state index contributed by atoms with van der Waals surface area (Å²) in [5.41, 5.74) is 0.537. The number of nitrogens with zero attached hydrogens (tertiary/aromatic N) is 1. The van der Waals surface area contributed by atoms with Crippen LogP contribution in [0.1, 0.15) is 23.2 Å². The first kappa shape index (κ1) is 9.52. The predicted octanol–water partition coefficient (Wildman–Crippen LogP) is 2.16. The zero-order chi connectivity index (χ0) is 9.97. The number of carbonyl (C=O) groups excluding carboxylic acids is 1. The lowest BCUT2D eigenvalue weighted by Gasteiger charge is -2.07. The molecule has 4 heteroatoms. The van der Waals surface area contributed by atoms with Crippen LogP contribution in [0.2, 0.25) is 0 Å². The molecule has 2 rings (SSSR count). The summed E-state index contributed by atoms with van der Waals surface area (Å²) in [6.45, 7) is 0. The van der Waals surface area contributed by atoms with E-state index in [0.717, 1.165) is 24.2 Å². The molecule has 3 nitrogen and oxygen atoms in total. The smallest absolute Gasteiger partial charge is 0.155 e. The SMILES string of the molecule is CSc1cc(OC2CC2)c(C=O)cn1. The van der Waals surface area contributed by atoms with Crippen molar-refractivity contribution in [3.63, 3.8) is 0 Å². The molecular weight excluding hydrogens is 198 g/mol. The number of hydrogen-bond acceptors (Lipinski definition) is 4. The molecule has 0 aliphatic heterocycles. The molecule has 1 aliphatic rings. The number of carbonyl (C=O) groups is 1. The number of rotatable bonds is 4. The highest BCUT2D eigenvalue weighted by Gasteiger charge is 2.24. The molecular formula is C10H11NO2S. The van der Waals surface area contributed by atoms with E-state index in [-0.39, 0.29) is 0 Å². The molecule has 1 fully saturated rings. The van der Waals surface area contributed by atoms with E-state index in [0.29, 0.717) is 17.4 Å². The lowest BCUT2D eigenvalue weighted by molar-refractivity contribution is 0.111. The number of pyridine rings is 1. The van der Waals surface area contributed by atoms with Crippen LogP contribution in [0.5, 0.6) is 5.75 Å². The molecule has 1 aromatic rings. The molecule has 0 N–H and O–H groups in total. The van der Waals surface area contributed by atoms with Gasteiger partial charge in [0.1, 0.15) is 5.75 Å². The largest absolute Gasteiger partial charge is 0.490 e. The molecule has 1 aliphatic carbocycles. The third-order valence-electron chi connectivity index (χ3n) is 2.02. The van der Waals surface area contributed by atoms with Crippen molar-refractivity contribution in [1.82, 2.24) is 4.98 Å². The summed E-state index contributed by atoms with van der Waals surface area (Å²) >= 11 is 1.54. The van der Waals surface area contributed by atoms with Gasteiger partial charge >= 0.3 is 0 Å². The Hall–Kier alpha value is -1.03. The minimum Gasteiger partial charge on any atom is -0.490 e. The zero-order valence-corrected chi connectivity index (χ0v) is 8.71. The molecule has 0 atom stereocenters. The van der Waals surface area contributed by atoms with Crippen LogP contribution in [-0.4, -0.2) is 23.6 Å². The highest BCUT2D eigenvalue weighted by Crippen LogP contribution is 2.30. The fraction of sp³-hybridized carbons (Fsp3) is 0.400. The summed E-state index contributed by atoms with van der Waals surface area (Å²) in [6, 6.07) is 1.83. The fourth-order valence-electron chi connectivity index (χ4n) is 1.10. The van der Waals surface area contributed by atoms with Gasteiger partial charge in [0.2, 0.25) is 0 Å². The van der Waals surface area contributed by atoms with Gasteiger partial charge in [0, 0.05) is 12.3 Å². The maximum atomic E-state index is 10.7. The van der Waals surface area contributed by atoms with Crippen molar-refractivity contribution in [3.8, 4) is 5.75 Å². The van der Waals surface area contributed by atoms with Crippen molar-refractivity contribution in [2.24, 2.45) is 0 Å². The van der Waals surface area contributed by atoms with Gasteiger partial charge in [0.15, 0.2) is 6.29 Å². The van der Waals surface area contributed by atoms with Gasteiger partial charge in [-0.05, 0) is 19.1 Å². The van der Waals surface area contributed by atoms with Crippen LogP contribution >= 0.6 is 11.8 Å². The van der Waals surface area contributed by atoms with E-state index >= 15 is 0 Å². The van der Waals surface area contributed by atoms with Crippen LogP contribution in [0.25, 0.3) is 0 Å². The molecule has 1 saturated carbocycles. The molecule has 74 valence electrons. The van der Waals surface area contributed by atoms with Gasteiger partial charge in [0.05, 0.1) is 16.7 Å². The van der Waals surface area contributed by atoms with Crippen LogP contribution in [0, 0.1) is 0 Å². The highest BCUT2D eigenvalue weighted by atomic mass is 32.2. The second-order valence-electron chi connectivity index (χ2n) is 3.20. The minimum atomic E-state index is 0.311. The average molecular weight is 209 g/mol.